The van der Waals surface area contributed by atoms with Crippen LogP contribution in [0.5, 0.6) is 5.75 Å². The third kappa shape index (κ3) is 1.75. The number of aryl methyl sites for hydroxylation is 1. The number of halogens is 1. The van der Waals surface area contributed by atoms with Crippen LogP contribution in [0.15, 0.2) is 46.9 Å². The van der Waals surface area contributed by atoms with Crippen LogP contribution in [0.1, 0.15) is 5.56 Å². The van der Waals surface area contributed by atoms with Crippen LogP contribution < -0.4 is 0 Å². The van der Waals surface area contributed by atoms with E-state index in [1.54, 1.807) is 12.1 Å². The standard InChI is InChI=1S/C15H11ClO2/c1-9-13-8-11(16)4-7-14(13)18-15(9)10-2-5-12(17)6-3-10/h2-8,17H,1H3. The molecule has 0 amide bonds. The van der Waals surface area contributed by atoms with Gasteiger partial charge in [-0.05, 0) is 49.4 Å². The molecule has 0 spiro atoms. The molecule has 0 aliphatic rings. The Morgan fingerprint density at radius 3 is 2.50 bits per heavy atom. The molecule has 0 aliphatic carbocycles. The minimum Gasteiger partial charge on any atom is -0.508 e. The summed E-state index contributed by atoms with van der Waals surface area (Å²) in [5.74, 6) is 1.06. The number of hydrogen-bond acceptors (Lipinski definition) is 2. The molecule has 0 saturated carbocycles. The molecule has 3 heteroatoms. The van der Waals surface area contributed by atoms with Crippen LogP contribution in [0.2, 0.25) is 5.02 Å². The van der Waals surface area contributed by atoms with Crippen LogP contribution in [0.3, 0.4) is 0 Å². The lowest BCUT2D eigenvalue weighted by Crippen LogP contribution is -1.76. The molecule has 90 valence electrons. The van der Waals surface area contributed by atoms with E-state index < -0.39 is 0 Å². The fourth-order valence-corrected chi connectivity index (χ4v) is 2.25. The quantitative estimate of drug-likeness (QED) is 0.682. The Bertz CT molecular complexity index is 711. The van der Waals surface area contributed by atoms with E-state index in [2.05, 4.69) is 0 Å². The van der Waals surface area contributed by atoms with Crippen LogP contribution in [-0.2, 0) is 0 Å². The van der Waals surface area contributed by atoms with Crippen LogP contribution in [-0.4, -0.2) is 5.11 Å². The highest BCUT2D eigenvalue weighted by Gasteiger charge is 2.12. The molecule has 0 fully saturated rings. The van der Waals surface area contributed by atoms with Crippen molar-refractivity contribution in [2.75, 3.05) is 0 Å². The molecule has 18 heavy (non-hydrogen) atoms. The van der Waals surface area contributed by atoms with Gasteiger partial charge in [0.2, 0.25) is 0 Å². The van der Waals surface area contributed by atoms with Crippen LogP contribution in [0, 0.1) is 6.92 Å². The van der Waals surface area contributed by atoms with Crippen molar-refractivity contribution in [1.29, 1.82) is 0 Å². The van der Waals surface area contributed by atoms with Gasteiger partial charge in [0.05, 0.1) is 0 Å². The van der Waals surface area contributed by atoms with Crippen LogP contribution in [0.4, 0.5) is 0 Å². The Balaban J connectivity index is 2.23. The van der Waals surface area contributed by atoms with Crippen molar-refractivity contribution in [2.45, 2.75) is 6.92 Å². The maximum Gasteiger partial charge on any atom is 0.138 e. The highest BCUT2D eigenvalue weighted by molar-refractivity contribution is 6.31. The van der Waals surface area contributed by atoms with E-state index in [1.165, 1.54) is 0 Å². The molecule has 0 aliphatic heterocycles. The highest BCUT2D eigenvalue weighted by Crippen LogP contribution is 2.34. The van der Waals surface area contributed by atoms with E-state index in [0.29, 0.717) is 5.02 Å². The minimum absolute atomic E-state index is 0.246. The second-order valence-electron chi connectivity index (χ2n) is 4.24. The number of benzene rings is 2. The van der Waals surface area contributed by atoms with E-state index >= 15 is 0 Å². The molecule has 2 nitrogen and oxygen atoms in total. The van der Waals surface area contributed by atoms with E-state index in [1.807, 2.05) is 37.3 Å². The maximum atomic E-state index is 9.30. The van der Waals surface area contributed by atoms with Gasteiger partial charge in [-0.25, -0.2) is 0 Å². The Hall–Kier alpha value is -1.93. The van der Waals surface area contributed by atoms with E-state index in [4.69, 9.17) is 16.0 Å². The fourth-order valence-electron chi connectivity index (χ4n) is 2.08. The van der Waals surface area contributed by atoms with Crippen molar-refractivity contribution < 1.29 is 9.52 Å². The van der Waals surface area contributed by atoms with E-state index in [9.17, 15) is 5.11 Å². The van der Waals surface area contributed by atoms with Gasteiger partial charge in [0.15, 0.2) is 0 Å². The van der Waals surface area contributed by atoms with Crippen LogP contribution in [0.25, 0.3) is 22.3 Å². The van der Waals surface area contributed by atoms with Crippen molar-refractivity contribution in [3.8, 4) is 17.1 Å². The average molecular weight is 259 g/mol. The lowest BCUT2D eigenvalue weighted by molar-refractivity contribution is 0.475. The number of aromatic hydroxyl groups is 1. The SMILES string of the molecule is Cc1c(-c2ccc(O)cc2)oc2ccc(Cl)cc12. The lowest BCUT2D eigenvalue weighted by Gasteiger charge is -1.98. The molecule has 0 radical (unpaired) electrons. The number of rotatable bonds is 1. The zero-order valence-electron chi connectivity index (χ0n) is 9.77. The summed E-state index contributed by atoms with van der Waals surface area (Å²) in [4.78, 5) is 0. The first-order valence-electron chi connectivity index (χ1n) is 5.63. The van der Waals surface area contributed by atoms with Crippen molar-refractivity contribution in [1.82, 2.24) is 0 Å². The molecule has 0 atom stereocenters. The Labute approximate surface area is 109 Å². The molecule has 1 N–H and O–H groups in total. The average Bonchev–Trinajstić information content (AvgIpc) is 2.68. The van der Waals surface area contributed by atoms with Gasteiger partial charge in [-0.2, -0.15) is 0 Å². The number of phenolic OH excluding ortho intramolecular Hbond substituents is 1. The highest BCUT2D eigenvalue weighted by atomic mass is 35.5. The number of phenols is 1. The van der Waals surface area contributed by atoms with Crippen molar-refractivity contribution in [3.05, 3.63) is 53.1 Å². The molecule has 2 aromatic carbocycles. The second-order valence-corrected chi connectivity index (χ2v) is 4.68. The van der Waals surface area contributed by atoms with Crippen LogP contribution >= 0.6 is 11.6 Å². The largest absolute Gasteiger partial charge is 0.508 e. The fraction of sp³-hybridized carbons (Fsp3) is 0.0667. The van der Waals surface area contributed by atoms with E-state index in [-0.39, 0.29) is 5.75 Å². The number of hydrogen-bond donors (Lipinski definition) is 1. The summed E-state index contributed by atoms with van der Waals surface area (Å²) >= 11 is 5.99. The molecule has 0 bridgehead atoms. The first kappa shape index (κ1) is 11.2. The normalized spacial score (nSPS) is 11.0. The molecular formula is C15H11ClO2. The topological polar surface area (TPSA) is 33.4 Å². The summed E-state index contributed by atoms with van der Waals surface area (Å²) in [6.07, 6.45) is 0. The summed E-state index contributed by atoms with van der Waals surface area (Å²) in [6.45, 7) is 2.00. The monoisotopic (exact) mass is 258 g/mol. The zero-order chi connectivity index (χ0) is 12.7. The molecule has 1 aromatic heterocycles. The van der Waals surface area contributed by atoms with E-state index in [0.717, 1.165) is 27.9 Å². The van der Waals surface area contributed by atoms with Gasteiger partial charge in [0.1, 0.15) is 17.1 Å². The van der Waals surface area contributed by atoms with Gasteiger partial charge in [-0.15, -0.1) is 0 Å². The van der Waals surface area contributed by atoms with Gasteiger partial charge in [-0.1, -0.05) is 11.6 Å². The smallest absolute Gasteiger partial charge is 0.138 e. The van der Waals surface area contributed by atoms with Gasteiger partial charge in [0.25, 0.3) is 0 Å². The predicted octanol–water partition coefficient (Wildman–Crippen LogP) is 4.77. The lowest BCUT2D eigenvalue weighted by atomic mass is 10.1. The van der Waals surface area contributed by atoms with Crippen molar-refractivity contribution >= 4 is 22.6 Å². The summed E-state index contributed by atoms with van der Waals surface area (Å²) in [7, 11) is 0. The first-order chi connectivity index (χ1) is 8.65. The molecule has 3 aromatic rings. The molecule has 1 heterocycles. The molecule has 0 saturated heterocycles. The Morgan fingerprint density at radius 1 is 1.06 bits per heavy atom. The number of fused-ring (bicyclic) bond motifs is 1. The van der Waals surface area contributed by atoms with Gasteiger partial charge in [0, 0.05) is 21.5 Å². The predicted molar refractivity (Wildman–Crippen MR) is 73.1 cm³/mol. The zero-order valence-corrected chi connectivity index (χ0v) is 10.5. The Kier molecular flexibility index (Phi) is 2.53. The summed E-state index contributed by atoms with van der Waals surface area (Å²) in [5, 5.41) is 11.0. The third-order valence-corrected chi connectivity index (χ3v) is 3.26. The molecule has 0 unspecified atom stereocenters. The minimum atomic E-state index is 0.246. The summed E-state index contributed by atoms with van der Waals surface area (Å²) in [6, 6.07) is 12.6. The third-order valence-electron chi connectivity index (χ3n) is 3.03. The van der Waals surface area contributed by atoms with Gasteiger partial charge >= 0.3 is 0 Å². The molecular weight excluding hydrogens is 248 g/mol. The van der Waals surface area contributed by atoms with Crippen molar-refractivity contribution in [2.24, 2.45) is 0 Å². The maximum absolute atomic E-state index is 9.30. The first-order valence-corrected chi connectivity index (χ1v) is 6.01. The summed E-state index contributed by atoms with van der Waals surface area (Å²) in [5.41, 5.74) is 2.82. The van der Waals surface area contributed by atoms with Crippen molar-refractivity contribution in [3.63, 3.8) is 0 Å². The second kappa shape index (κ2) is 4.07. The summed E-state index contributed by atoms with van der Waals surface area (Å²) < 4.78 is 5.84. The number of furan rings is 1. The van der Waals surface area contributed by atoms with Gasteiger partial charge < -0.3 is 9.52 Å². The molecule has 3 rings (SSSR count). The van der Waals surface area contributed by atoms with Gasteiger partial charge in [-0.3, -0.25) is 0 Å². The Morgan fingerprint density at radius 2 is 1.78 bits per heavy atom.